The van der Waals surface area contributed by atoms with Crippen LogP contribution in [0, 0.1) is 12.8 Å². The fourth-order valence-electron chi connectivity index (χ4n) is 3.01. The molecule has 24 heavy (non-hydrogen) atoms. The van der Waals surface area contributed by atoms with Gasteiger partial charge in [0.25, 0.3) is 5.89 Å². The summed E-state index contributed by atoms with van der Waals surface area (Å²) in [5, 5.41) is 12.0. The lowest BCUT2D eigenvalue weighted by molar-refractivity contribution is -0.142. The zero-order valence-corrected chi connectivity index (χ0v) is 13.4. The number of carbonyl (C=O) groups excluding carboxylic acids is 1. The average Bonchev–Trinajstić information content (AvgIpc) is 3.18. The monoisotopic (exact) mass is 332 g/mol. The van der Waals surface area contributed by atoms with E-state index in [0.717, 1.165) is 0 Å². The first kappa shape index (κ1) is 16.3. The molecule has 0 bridgehead atoms. The quantitative estimate of drug-likeness (QED) is 0.871. The SMILES string of the molecule is Cc1oc(-c2ccco2)nc1CC(=O)NC1CCC(C(=O)O)CC1. The molecule has 0 aliphatic heterocycles. The van der Waals surface area contributed by atoms with E-state index in [2.05, 4.69) is 10.3 Å². The van der Waals surface area contributed by atoms with E-state index in [9.17, 15) is 9.59 Å². The van der Waals surface area contributed by atoms with Gasteiger partial charge in [-0.2, -0.15) is 0 Å². The number of rotatable bonds is 5. The van der Waals surface area contributed by atoms with Gasteiger partial charge in [0.05, 0.1) is 24.3 Å². The van der Waals surface area contributed by atoms with Gasteiger partial charge in [0.15, 0.2) is 5.76 Å². The number of oxazole rings is 1. The minimum absolute atomic E-state index is 0.0323. The van der Waals surface area contributed by atoms with Crippen LogP contribution in [0.15, 0.2) is 27.2 Å². The number of hydrogen-bond donors (Lipinski definition) is 2. The Labute approximate surface area is 139 Å². The van der Waals surface area contributed by atoms with Crippen LogP contribution < -0.4 is 5.32 Å². The second kappa shape index (κ2) is 6.90. The van der Waals surface area contributed by atoms with Crippen molar-refractivity contribution in [1.82, 2.24) is 10.3 Å². The molecule has 2 heterocycles. The van der Waals surface area contributed by atoms with E-state index < -0.39 is 5.97 Å². The van der Waals surface area contributed by atoms with E-state index in [4.69, 9.17) is 13.9 Å². The molecule has 128 valence electrons. The molecule has 1 saturated carbocycles. The Hall–Kier alpha value is -2.57. The number of aromatic nitrogens is 1. The average molecular weight is 332 g/mol. The molecule has 0 spiro atoms. The van der Waals surface area contributed by atoms with Crippen LogP contribution in [0.25, 0.3) is 11.7 Å². The summed E-state index contributed by atoms with van der Waals surface area (Å²) in [6.45, 7) is 1.76. The molecule has 2 aromatic heterocycles. The topological polar surface area (TPSA) is 106 Å². The lowest BCUT2D eigenvalue weighted by Crippen LogP contribution is -2.39. The Morgan fingerprint density at radius 1 is 1.33 bits per heavy atom. The molecule has 1 aliphatic rings. The van der Waals surface area contributed by atoms with Crippen molar-refractivity contribution in [3.8, 4) is 11.7 Å². The molecule has 1 fully saturated rings. The Bertz CT molecular complexity index is 711. The summed E-state index contributed by atoms with van der Waals surface area (Å²) < 4.78 is 10.8. The Kier molecular flexibility index (Phi) is 4.69. The molecule has 1 amide bonds. The van der Waals surface area contributed by atoms with E-state index in [1.807, 2.05) is 0 Å². The number of nitrogens with one attached hydrogen (secondary N) is 1. The van der Waals surface area contributed by atoms with Gasteiger partial charge in [0, 0.05) is 6.04 Å². The van der Waals surface area contributed by atoms with E-state index in [-0.39, 0.29) is 24.3 Å². The van der Waals surface area contributed by atoms with Crippen molar-refractivity contribution in [2.75, 3.05) is 0 Å². The Balaban J connectivity index is 1.55. The predicted octanol–water partition coefficient (Wildman–Crippen LogP) is 2.55. The highest BCUT2D eigenvalue weighted by Gasteiger charge is 2.27. The maximum Gasteiger partial charge on any atom is 0.306 e. The molecule has 0 unspecified atom stereocenters. The number of amides is 1. The second-order valence-electron chi connectivity index (χ2n) is 6.13. The standard InChI is InChI=1S/C17H20N2O5/c1-10-13(19-16(24-10)14-3-2-8-23-14)9-15(20)18-12-6-4-11(5-7-12)17(21)22/h2-3,8,11-12H,4-7,9H2,1H3,(H,18,20)(H,21,22). The fourth-order valence-corrected chi connectivity index (χ4v) is 3.01. The third kappa shape index (κ3) is 3.67. The molecule has 1 aliphatic carbocycles. The first-order valence-corrected chi connectivity index (χ1v) is 8.05. The third-order valence-electron chi connectivity index (χ3n) is 4.39. The minimum Gasteiger partial charge on any atom is -0.481 e. The van der Waals surface area contributed by atoms with Crippen molar-refractivity contribution < 1.29 is 23.5 Å². The van der Waals surface area contributed by atoms with Crippen molar-refractivity contribution in [3.63, 3.8) is 0 Å². The van der Waals surface area contributed by atoms with E-state index in [1.54, 1.807) is 19.1 Å². The van der Waals surface area contributed by atoms with Crippen LogP contribution in [-0.2, 0) is 16.0 Å². The van der Waals surface area contributed by atoms with Gasteiger partial charge >= 0.3 is 5.97 Å². The summed E-state index contributed by atoms with van der Waals surface area (Å²) in [5.41, 5.74) is 0.582. The molecule has 0 atom stereocenters. The second-order valence-corrected chi connectivity index (χ2v) is 6.13. The van der Waals surface area contributed by atoms with Gasteiger partial charge in [-0.05, 0) is 44.7 Å². The summed E-state index contributed by atoms with van der Waals surface area (Å²) in [7, 11) is 0. The number of aryl methyl sites for hydroxylation is 1. The lowest BCUT2D eigenvalue weighted by Gasteiger charge is -2.26. The van der Waals surface area contributed by atoms with Crippen LogP contribution >= 0.6 is 0 Å². The van der Waals surface area contributed by atoms with Crippen LogP contribution in [-0.4, -0.2) is 28.0 Å². The van der Waals surface area contributed by atoms with Crippen LogP contribution in [0.3, 0.4) is 0 Å². The molecular weight excluding hydrogens is 312 g/mol. The van der Waals surface area contributed by atoms with Gasteiger partial charge in [0.1, 0.15) is 5.76 Å². The van der Waals surface area contributed by atoms with E-state index in [1.165, 1.54) is 6.26 Å². The summed E-state index contributed by atoms with van der Waals surface area (Å²) in [5.74, 6) is 0.316. The van der Waals surface area contributed by atoms with Crippen molar-refractivity contribution in [2.24, 2.45) is 5.92 Å². The molecule has 7 nitrogen and oxygen atoms in total. The number of hydrogen-bond acceptors (Lipinski definition) is 5. The Morgan fingerprint density at radius 2 is 2.08 bits per heavy atom. The first-order valence-electron chi connectivity index (χ1n) is 8.05. The molecular formula is C17H20N2O5. The minimum atomic E-state index is -0.747. The zero-order chi connectivity index (χ0) is 17.1. The maximum absolute atomic E-state index is 12.2. The van der Waals surface area contributed by atoms with Gasteiger partial charge < -0.3 is 19.3 Å². The lowest BCUT2D eigenvalue weighted by atomic mass is 9.86. The number of nitrogens with zero attached hydrogens (tertiary/aromatic N) is 1. The van der Waals surface area contributed by atoms with Crippen molar-refractivity contribution >= 4 is 11.9 Å². The van der Waals surface area contributed by atoms with Crippen molar-refractivity contribution in [1.29, 1.82) is 0 Å². The van der Waals surface area contributed by atoms with Crippen LogP contribution in [0.1, 0.15) is 37.1 Å². The predicted molar refractivity (Wildman–Crippen MR) is 84.2 cm³/mol. The summed E-state index contributed by atoms with van der Waals surface area (Å²) in [6.07, 6.45) is 4.26. The van der Waals surface area contributed by atoms with E-state index >= 15 is 0 Å². The van der Waals surface area contributed by atoms with Gasteiger partial charge in [-0.25, -0.2) is 4.98 Å². The largest absolute Gasteiger partial charge is 0.481 e. The molecule has 2 aromatic rings. The van der Waals surface area contributed by atoms with Crippen LogP contribution in [0.2, 0.25) is 0 Å². The highest BCUT2D eigenvalue weighted by Crippen LogP contribution is 2.25. The zero-order valence-electron chi connectivity index (χ0n) is 13.4. The highest BCUT2D eigenvalue weighted by atomic mass is 16.4. The highest BCUT2D eigenvalue weighted by molar-refractivity contribution is 5.78. The normalized spacial score (nSPS) is 20.7. The smallest absolute Gasteiger partial charge is 0.306 e. The summed E-state index contributed by atoms with van der Waals surface area (Å²) >= 11 is 0. The molecule has 0 radical (unpaired) electrons. The summed E-state index contributed by atoms with van der Waals surface area (Å²) in [4.78, 5) is 27.5. The van der Waals surface area contributed by atoms with Crippen LogP contribution in [0.5, 0.6) is 0 Å². The van der Waals surface area contributed by atoms with Crippen molar-refractivity contribution in [2.45, 2.75) is 45.1 Å². The third-order valence-corrected chi connectivity index (χ3v) is 4.39. The van der Waals surface area contributed by atoms with Gasteiger partial charge in [-0.1, -0.05) is 0 Å². The number of carbonyl (C=O) groups is 2. The van der Waals surface area contributed by atoms with Gasteiger partial charge in [-0.3, -0.25) is 9.59 Å². The molecule has 0 saturated heterocycles. The number of carboxylic acid groups (broad SMARTS) is 1. The molecule has 0 aromatic carbocycles. The van der Waals surface area contributed by atoms with Gasteiger partial charge in [-0.15, -0.1) is 0 Å². The molecule has 7 heteroatoms. The number of furan rings is 1. The van der Waals surface area contributed by atoms with Crippen LogP contribution in [0.4, 0.5) is 0 Å². The molecule has 3 rings (SSSR count). The van der Waals surface area contributed by atoms with E-state index in [0.29, 0.717) is 48.8 Å². The summed E-state index contributed by atoms with van der Waals surface area (Å²) in [6, 6.07) is 3.52. The van der Waals surface area contributed by atoms with Gasteiger partial charge in [0.2, 0.25) is 5.91 Å². The maximum atomic E-state index is 12.2. The molecule has 2 N–H and O–H groups in total. The first-order chi connectivity index (χ1) is 11.5. The Morgan fingerprint density at radius 3 is 2.71 bits per heavy atom. The fraction of sp³-hybridized carbons (Fsp3) is 0.471. The number of carboxylic acids is 1. The van der Waals surface area contributed by atoms with Crippen molar-refractivity contribution in [3.05, 3.63) is 29.9 Å². The number of aliphatic carboxylic acids is 1.